The van der Waals surface area contributed by atoms with E-state index in [1.165, 1.54) is 15.3 Å². The van der Waals surface area contributed by atoms with Gasteiger partial charge in [-0.05, 0) is 49.0 Å². The van der Waals surface area contributed by atoms with Crippen LogP contribution in [-0.4, -0.2) is 37.2 Å². The van der Waals surface area contributed by atoms with Gasteiger partial charge in [0.25, 0.3) is 8.32 Å². The molecule has 5 rings (SSSR count). The summed E-state index contributed by atoms with van der Waals surface area (Å²) in [4.78, 5) is 12.3. The molecule has 4 aromatic rings. The molecule has 0 bridgehead atoms. The van der Waals surface area contributed by atoms with Crippen LogP contribution in [0.1, 0.15) is 26.3 Å². The highest BCUT2D eigenvalue weighted by atomic mass is 79.9. The molecule has 37 heavy (non-hydrogen) atoms. The molecule has 0 atom stereocenters. The summed E-state index contributed by atoms with van der Waals surface area (Å²) in [6.07, 6.45) is 6.99. The van der Waals surface area contributed by atoms with Crippen molar-refractivity contribution in [2.45, 2.75) is 30.7 Å². The van der Waals surface area contributed by atoms with Gasteiger partial charge in [0.05, 0.1) is 4.47 Å². The van der Waals surface area contributed by atoms with Crippen LogP contribution in [0, 0.1) is 6.42 Å². The van der Waals surface area contributed by atoms with Crippen molar-refractivity contribution >= 4 is 58.0 Å². The molecule has 0 saturated heterocycles. The van der Waals surface area contributed by atoms with E-state index in [4.69, 9.17) is 4.43 Å². The maximum Gasteiger partial charge on any atom is 0.261 e. The quantitative estimate of drug-likeness (QED) is 0.134. The zero-order valence-electron chi connectivity index (χ0n) is 21.3. The highest BCUT2D eigenvalue weighted by Crippen LogP contribution is 2.38. The number of thioether (sulfide) groups is 1. The second-order valence-corrected chi connectivity index (χ2v) is 16.4. The Balaban J connectivity index is 1.34. The van der Waals surface area contributed by atoms with E-state index in [2.05, 4.69) is 137 Å². The summed E-state index contributed by atoms with van der Waals surface area (Å²) >= 11 is 5.24. The van der Waals surface area contributed by atoms with Crippen molar-refractivity contribution in [3.05, 3.63) is 108 Å². The average Bonchev–Trinajstić information content (AvgIpc) is 3.33. The van der Waals surface area contributed by atoms with E-state index in [9.17, 15) is 0 Å². The Morgan fingerprint density at radius 3 is 2.16 bits per heavy atom. The fourth-order valence-corrected chi connectivity index (χ4v) is 10.6. The Bertz CT molecular complexity index is 1290. The number of aromatic nitrogens is 2. The van der Waals surface area contributed by atoms with Crippen molar-refractivity contribution in [1.29, 1.82) is 0 Å². The lowest BCUT2D eigenvalue weighted by Gasteiger charge is -2.43. The van der Waals surface area contributed by atoms with Crippen LogP contribution in [0.2, 0.25) is 5.04 Å². The second kappa shape index (κ2) is 11.1. The van der Waals surface area contributed by atoms with Crippen LogP contribution < -0.4 is 15.3 Å². The largest absolute Gasteiger partial charge is 0.407 e. The molecule has 2 radical (unpaired) electrons. The normalized spacial score (nSPS) is 13.6. The Morgan fingerprint density at radius 1 is 0.946 bits per heavy atom. The number of benzene rings is 3. The molecule has 0 unspecified atom stereocenters. The first kappa shape index (κ1) is 26.2. The highest BCUT2D eigenvalue weighted by molar-refractivity contribution is 9.10. The van der Waals surface area contributed by atoms with Crippen LogP contribution in [0.3, 0.4) is 0 Å². The molecule has 4 nitrogen and oxygen atoms in total. The maximum atomic E-state index is 7.05. The Kier molecular flexibility index (Phi) is 7.86. The lowest BCUT2D eigenvalue weighted by Crippen LogP contribution is -2.66. The van der Waals surface area contributed by atoms with Crippen molar-refractivity contribution in [2.75, 3.05) is 23.8 Å². The van der Waals surface area contributed by atoms with Gasteiger partial charge >= 0.3 is 0 Å². The monoisotopic (exact) mass is 587 g/mol. The summed E-state index contributed by atoms with van der Waals surface area (Å²) < 4.78 is 7.92. The van der Waals surface area contributed by atoms with Gasteiger partial charge in [-0.1, -0.05) is 87.5 Å². The molecule has 0 fully saturated rings. The number of anilines is 2. The van der Waals surface area contributed by atoms with E-state index in [1.807, 2.05) is 11.8 Å². The molecule has 1 aliphatic heterocycles. The number of hydrogen-bond acceptors (Lipinski definition) is 5. The minimum atomic E-state index is -2.52. The predicted octanol–water partition coefficient (Wildman–Crippen LogP) is 6.49. The summed E-state index contributed by atoms with van der Waals surface area (Å²) in [7, 11) is -2.52. The molecule has 0 saturated carbocycles. The summed E-state index contributed by atoms with van der Waals surface area (Å²) in [5.74, 6) is 1.55. The Labute approximate surface area is 233 Å². The standard InChI is InChI=1S/C30H30BrN3OSSi/c1-30(2,3)37(26-10-6-4-7-11-26,27-12-8-5-9-13-27)35-18-19-36-25-15-14-23-16-17-34(28(23)20-25)29-32-21-24(31)22-33-29/h4-15,20-22H,17-19H2,1-3H3. The molecule has 3 aromatic carbocycles. The summed E-state index contributed by atoms with van der Waals surface area (Å²) in [6, 6.07) is 28.2. The number of fused-ring (bicyclic) bond motifs is 1. The third kappa shape index (κ3) is 5.41. The second-order valence-electron chi connectivity index (χ2n) is 10.0. The minimum absolute atomic E-state index is 0.0230. The van der Waals surface area contributed by atoms with Gasteiger partial charge in [0.15, 0.2) is 0 Å². The highest BCUT2D eigenvalue weighted by Gasteiger charge is 2.49. The lowest BCUT2D eigenvalue weighted by atomic mass is 10.2. The molecule has 0 spiro atoms. The number of halogens is 1. The summed E-state index contributed by atoms with van der Waals surface area (Å²) in [5, 5.41) is 2.60. The van der Waals surface area contributed by atoms with Gasteiger partial charge in [0.2, 0.25) is 5.95 Å². The first-order valence-corrected chi connectivity index (χ1v) is 16.1. The molecule has 2 heterocycles. The van der Waals surface area contributed by atoms with Crippen LogP contribution in [0.15, 0.2) is 101 Å². The molecule has 7 heteroatoms. The molecule has 1 aromatic heterocycles. The molecule has 1 aliphatic rings. The Hall–Kier alpha value is -2.45. The van der Waals surface area contributed by atoms with Crippen LogP contribution in [-0.2, 0) is 4.43 Å². The van der Waals surface area contributed by atoms with Crippen LogP contribution >= 0.6 is 27.7 Å². The number of hydrogen-bond donors (Lipinski definition) is 0. The van der Waals surface area contributed by atoms with Gasteiger partial charge in [-0.15, -0.1) is 11.8 Å². The van der Waals surface area contributed by atoms with Crippen LogP contribution in [0.4, 0.5) is 11.6 Å². The third-order valence-corrected chi connectivity index (χ3v) is 13.0. The fourth-order valence-electron chi connectivity index (χ4n) is 4.96. The van der Waals surface area contributed by atoms with Gasteiger partial charge < -0.3 is 9.33 Å². The van der Waals surface area contributed by atoms with Gasteiger partial charge in [-0.3, -0.25) is 0 Å². The van der Waals surface area contributed by atoms with Gasteiger partial charge in [-0.2, -0.15) is 0 Å². The van der Waals surface area contributed by atoms with E-state index >= 15 is 0 Å². The van der Waals surface area contributed by atoms with E-state index in [0.29, 0.717) is 19.1 Å². The minimum Gasteiger partial charge on any atom is -0.407 e. The van der Waals surface area contributed by atoms with Crippen LogP contribution in [0.5, 0.6) is 0 Å². The van der Waals surface area contributed by atoms with Crippen molar-refractivity contribution < 1.29 is 4.43 Å². The number of rotatable bonds is 8. The molecule has 0 N–H and O–H groups in total. The van der Waals surface area contributed by atoms with Crippen LogP contribution in [0.25, 0.3) is 0 Å². The third-order valence-electron chi connectivity index (χ3n) is 6.62. The summed E-state index contributed by atoms with van der Waals surface area (Å²) in [5.41, 5.74) is 2.19. The van der Waals surface area contributed by atoms with Crippen molar-refractivity contribution in [3.8, 4) is 0 Å². The molecule has 0 amide bonds. The van der Waals surface area contributed by atoms with Crippen molar-refractivity contribution in [1.82, 2.24) is 9.97 Å². The first-order valence-electron chi connectivity index (χ1n) is 12.4. The predicted molar refractivity (Wildman–Crippen MR) is 160 cm³/mol. The smallest absolute Gasteiger partial charge is 0.261 e. The molecular weight excluding hydrogens is 558 g/mol. The fraction of sp³-hybridized carbons (Fsp3) is 0.233. The topological polar surface area (TPSA) is 38.2 Å². The number of nitrogens with zero attached hydrogens (tertiary/aromatic N) is 3. The SMILES string of the molecule is CC(C)(C)[Si](OCCSc1ccc2c(c1)N(c1ncc(Br)cn1)C[C]2)(c1ccccc1)c1ccccc1. The van der Waals surface area contributed by atoms with Crippen molar-refractivity contribution in [3.63, 3.8) is 0 Å². The van der Waals surface area contributed by atoms with E-state index in [0.717, 1.165) is 21.5 Å². The van der Waals surface area contributed by atoms with Gasteiger partial charge in [0.1, 0.15) is 0 Å². The molecule has 0 aliphatic carbocycles. The zero-order chi connectivity index (χ0) is 25.9. The molecular formula is C30H30BrN3OSSi. The lowest BCUT2D eigenvalue weighted by molar-refractivity contribution is 0.322. The first-order chi connectivity index (χ1) is 17.9. The molecule has 188 valence electrons. The summed E-state index contributed by atoms with van der Waals surface area (Å²) in [6.45, 7) is 8.28. The zero-order valence-corrected chi connectivity index (χ0v) is 24.7. The van der Waals surface area contributed by atoms with Gasteiger partial charge in [-0.25, -0.2) is 9.97 Å². The van der Waals surface area contributed by atoms with E-state index < -0.39 is 8.32 Å². The van der Waals surface area contributed by atoms with E-state index in [-0.39, 0.29) is 5.04 Å². The Morgan fingerprint density at radius 2 is 1.57 bits per heavy atom. The van der Waals surface area contributed by atoms with Crippen molar-refractivity contribution in [2.24, 2.45) is 0 Å². The van der Waals surface area contributed by atoms with Gasteiger partial charge in [0, 0.05) is 48.3 Å². The average molecular weight is 589 g/mol. The maximum absolute atomic E-state index is 7.05. The van der Waals surface area contributed by atoms with E-state index in [1.54, 1.807) is 12.4 Å².